The number of esters is 2. The van der Waals surface area contributed by atoms with E-state index in [1.165, 1.54) is 0 Å². The van der Waals surface area contributed by atoms with Crippen molar-refractivity contribution in [3.63, 3.8) is 0 Å². The van der Waals surface area contributed by atoms with Crippen molar-refractivity contribution in [1.82, 2.24) is 14.8 Å². The number of carbonyl (C=O) groups is 4. The van der Waals surface area contributed by atoms with Gasteiger partial charge in [-0.1, -0.05) is 0 Å². The van der Waals surface area contributed by atoms with Crippen molar-refractivity contribution in [2.45, 2.75) is 26.7 Å². The van der Waals surface area contributed by atoms with E-state index in [4.69, 9.17) is 14.5 Å². The Balaban J connectivity index is 1.57. The number of nitrogens with zero attached hydrogens (tertiary/aromatic N) is 4. The molecule has 13 nitrogen and oxygen atoms in total. The van der Waals surface area contributed by atoms with Crippen molar-refractivity contribution in [3.05, 3.63) is 60.7 Å². The third-order valence-electron chi connectivity index (χ3n) is 7.85. The zero-order valence-corrected chi connectivity index (χ0v) is 29.7. The lowest BCUT2D eigenvalue weighted by atomic mass is 10.1. The van der Waals surface area contributed by atoms with E-state index in [0.29, 0.717) is 48.7 Å². The van der Waals surface area contributed by atoms with Gasteiger partial charge in [-0.2, -0.15) is 0 Å². The number of hydrogen-bond donors (Lipinski definition) is 3. The van der Waals surface area contributed by atoms with Crippen molar-refractivity contribution >= 4 is 74.0 Å². The van der Waals surface area contributed by atoms with E-state index < -0.39 is 0 Å². The summed E-state index contributed by atoms with van der Waals surface area (Å²) >= 11 is 0. The molecule has 0 radical (unpaired) electrons. The Bertz CT molecular complexity index is 1710. The van der Waals surface area contributed by atoms with E-state index in [1.807, 2.05) is 79.7 Å². The molecule has 0 aliphatic rings. The van der Waals surface area contributed by atoms with Gasteiger partial charge in [0.15, 0.2) is 0 Å². The van der Waals surface area contributed by atoms with Crippen molar-refractivity contribution < 1.29 is 28.7 Å². The summed E-state index contributed by atoms with van der Waals surface area (Å²) in [5, 5.41) is 11.2. The van der Waals surface area contributed by atoms with Crippen molar-refractivity contribution in [2.75, 3.05) is 88.4 Å². The van der Waals surface area contributed by atoms with Gasteiger partial charge in [0.05, 0.1) is 43.0 Å². The van der Waals surface area contributed by atoms with E-state index in [0.717, 1.165) is 27.8 Å². The Labute approximate surface area is 292 Å². The number of rotatable bonds is 17. The molecule has 50 heavy (non-hydrogen) atoms. The lowest BCUT2D eigenvalue weighted by molar-refractivity contribution is -0.145. The third-order valence-corrected chi connectivity index (χ3v) is 7.85. The summed E-state index contributed by atoms with van der Waals surface area (Å²) in [6.07, 6.45) is 0.382. The molecule has 0 unspecified atom stereocenters. The van der Waals surface area contributed by atoms with Crippen LogP contribution in [0.2, 0.25) is 0 Å². The Morgan fingerprint density at radius 1 is 0.640 bits per heavy atom. The summed E-state index contributed by atoms with van der Waals surface area (Å²) in [5.74, 6) is -1.05. The number of likely N-dealkylation sites (N-methyl/N-ethyl adjacent to an activating group) is 2. The molecular formula is C37H47N7O6. The molecule has 4 rings (SSSR count). The second-order valence-corrected chi connectivity index (χ2v) is 12.2. The quantitative estimate of drug-likeness (QED) is 0.104. The Morgan fingerprint density at radius 2 is 1.08 bits per heavy atom. The number of aromatic nitrogens is 1. The third kappa shape index (κ3) is 10.9. The molecular weight excluding hydrogens is 638 g/mol. The molecule has 0 bridgehead atoms. The van der Waals surface area contributed by atoms with Gasteiger partial charge in [-0.25, -0.2) is 4.98 Å². The van der Waals surface area contributed by atoms with Gasteiger partial charge in [-0.05, 0) is 88.6 Å². The highest BCUT2D eigenvalue weighted by Crippen LogP contribution is 2.36. The summed E-state index contributed by atoms with van der Waals surface area (Å²) in [5.41, 5.74) is 5.25. The van der Waals surface area contributed by atoms with Crippen LogP contribution in [0, 0.1) is 0 Å². The van der Waals surface area contributed by atoms with Crippen LogP contribution in [0.1, 0.15) is 26.7 Å². The van der Waals surface area contributed by atoms with E-state index in [-0.39, 0.29) is 49.7 Å². The maximum absolute atomic E-state index is 12.8. The minimum atomic E-state index is -0.331. The maximum atomic E-state index is 12.8. The number of ether oxygens (including phenoxy) is 2. The standard InChI is InChI=1S/C37H47N7O6/c1-7-49-35(47)23-43(5)19-17-33(45)38-26-11-15-29-31(21-26)41-32-22-27(39-34(46)18-20-44(6)24-36(48)50-8-2)12-16-30(32)37(29)40-25-9-13-28(14-10-25)42(3)4/h9-16,21-22H,7-8,17-20,23-24H2,1-6H3,(H,38,45)(H,39,46)(H,40,41). The van der Waals surface area contributed by atoms with Crippen molar-refractivity contribution in [2.24, 2.45) is 0 Å². The minimum absolute atomic E-state index is 0.108. The highest BCUT2D eigenvalue weighted by atomic mass is 16.5. The van der Waals surface area contributed by atoms with Crippen molar-refractivity contribution in [3.8, 4) is 0 Å². The first-order valence-corrected chi connectivity index (χ1v) is 16.7. The summed E-state index contributed by atoms with van der Waals surface area (Å²) in [7, 11) is 7.50. The molecule has 0 atom stereocenters. The number of anilines is 5. The van der Waals surface area contributed by atoms with E-state index in [9.17, 15) is 19.2 Å². The van der Waals surface area contributed by atoms with Gasteiger partial charge in [0.1, 0.15) is 0 Å². The lowest BCUT2D eigenvalue weighted by Crippen LogP contribution is -2.30. The SMILES string of the molecule is CCOC(=O)CN(C)CCC(=O)Nc1ccc2c(Nc3ccc(N(C)C)cc3)c3ccc(NC(=O)CCN(C)CC(=O)OCC)cc3nc2c1. The van der Waals surface area contributed by atoms with Crippen LogP contribution in [0.25, 0.3) is 21.8 Å². The highest BCUT2D eigenvalue weighted by molar-refractivity contribution is 6.10. The second-order valence-electron chi connectivity index (χ2n) is 12.2. The number of hydrogen-bond acceptors (Lipinski definition) is 11. The highest BCUT2D eigenvalue weighted by Gasteiger charge is 2.15. The number of fused-ring (bicyclic) bond motifs is 2. The molecule has 1 aromatic heterocycles. The summed E-state index contributed by atoms with van der Waals surface area (Å²) in [6, 6.07) is 19.2. The average Bonchev–Trinajstić information content (AvgIpc) is 3.06. The molecule has 4 aromatic rings. The maximum Gasteiger partial charge on any atom is 0.320 e. The normalized spacial score (nSPS) is 11.1. The van der Waals surface area contributed by atoms with Crippen molar-refractivity contribution in [1.29, 1.82) is 0 Å². The molecule has 0 spiro atoms. The van der Waals surface area contributed by atoms with Crippen LogP contribution in [0.5, 0.6) is 0 Å². The number of carbonyl (C=O) groups excluding carboxylic acids is 4. The van der Waals surface area contributed by atoms with Crippen LogP contribution in [-0.2, 0) is 28.7 Å². The first-order valence-electron chi connectivity index (χ1n) is 16.7. The van der Waals surface area contributed by atoms with Gasteiger partial charge in [0.2, 0.25) is 11.8 Å². The van der Waals surface area contributed by atoms with Gasteiger partial charge in [-0.15, -0.1) is 0 Å². The molecule has 2 amide bonds. The predicted octanol–water partition coefficient (Wildman–Crippen LogP) is 4.84. The Kier molecular flexibility index (Phi) is 13.5. The molecule has 1 heterocycles. The van der Waals surface area contributed by atoms with E-state index >= 15 is 0 Å². The first kappa shape index (κ1) is 37.5. The van der Waals surface area contributed by atoms with E-state index in [2.05, 4.69) is 16.0 Å². The number of amides is 2. The molecule has 0 saturated heterocycles. The van der Waals surface area contributed by atoms with Crippen LogP contribution in [0.15, 0.2) is 60.7 Å². The molecule has 266 valence electrons. The average molecular weight is 686 g/mol. The predicted molar refractivity (Wildman–Crippen MR) is 198 cm³/mol. The van der Waals surface area contributed by atoms with Crippen LogP contribution in [0.4, 0.5) is 28.4 Å². The number of nitrogens with one attached hydrogen (secondary N) is 3. The molecule has 0 saturated carbocycles. The summed E-state index contributed by atoms with van der Waals surface area (Å²) < 4.78 is 9.96. The van der Waals surface area contributed by atoms with E-state index in [1.54, 1.807) is 37.7 Å². The second kappa shape index (κ2) is 17.9. The zero-order chi connectivity index (χ0) is 36.2. The lowest BCUT2D eigenvalue weighted by Gasteiger charge is -2.17. The smallest absolute Gasteiger partial charge is 0.320 e. The fourth-order valence-corrected chi connectivity index (χ4v) is 5.27. The molecule has 3 N–H and O–H groups in total. The fourth-order valence-electron chi connectivity index (χ4n) is 5.27. The summed E-state index contributed by atoms with van der Waals surface area (Å²) in [6.45, 7) is 5.12. The topological polar surface area (TPSA) is 145 Å². The van der Waals surface area contributed by atoms with Crippen LogP contribution < -0.4 is 20.9 Å². The molecule has 13 heteroatoms. The van der Waals surface area contributed by atoms with Gasteiger partial charge >= 0.3 is 11.9 Å². The zero-order valence-electron chi connectivity index (χ0n) is 29.7. The Hall–Kier alpha value is -5.27. The van der Waals surface area contributed by atoms with Gasteiger partial charge in [0.25, 0.3) is 0 Å². The van der Waals surface area contributed by atoms with Gasteiger partial charge < -0.3 is 30.3 Å². The molecule has 0 fully saturated rings. The Morgan fingerprint density at radius 3 is 1.50 bits per heavy atom. The molecule has 0 aliphatic heterocycles. The van der Waals surface area contributed by atoms with Crippen LogP contribution >= 0.6 is 0 Å². The monoisotopic (exact) mass is 685 g/mol. The fraction of sp³-hybridized carbons (Fsp3) is 0.378. The number of pyridine rings is 1. The molecule has 3 aromatic carbocycles. The van der Waals surface area contributed by atoms with Gasteiger partial charge in [-0.3, -0.25) is 29.0 Å². The number of benzene rings is 3. The summed E-state index contributed by atoms with van der Waals surface area (Å²) in [4.78, 5) is 59.6. The van der Waals surface area contributed by atoms with Crippen LogP contribution in [-0.4, -0.2) is 106 Å². The largest absolute Gasteiger partial charge is 0.465 e. The first-order chi connectivity index (χ1) is 23.9. The van der Waals surface area contributed by atoms with Gasteiger partial charge in [0, 0.05) is 73.5 Å². The molecule has 0 aliphatic carbocycles. The van der Waals surface area contributed by atoms with Crippen LogP contribution in [0.3, 0.4) is 0 Å². The minimum Gasteiger partial charge on any atom is -0.465 e.